The predicted octanol–water partition coefficient (Wildman–Crippen LogP) is 2.76. The first-order chi connectivity index (χ1) is 10.1. The molecular formula is C17H23NO3. The minimum absolute atomic E-state index is 0.0140. The van der Waals surface area contributed by atoms with Gasteiger partial charge < -0.3 is 9.84 Å². The van der Waals surface area contributed by atoms with Gasteiger partial charge in [0, 0.05) is 12.5 Å². The number of nitrogens with one attached hydrogen (secondary N) is 1. The van der Waals surface area contributed by atoms with Crippen LogP contribution in [0, 0.1) is 0 Å². The molecule has 2 atom stereocenters. The van der Waals surface area contributed by atoms with Gasteiger partial charge >= 0.3 is 5.97 Å². The maximum Gasteiger partial charge on any atom is 0.324 e. The molecule has 4 heteroatoms. The summed E-state index contributed by atoms with van der Waals surface area (Å²) in [6, 6.07) is 8.49. The smallest absolute Gasteiger partial charge is 0.324 e. The molecule has 1 aromatic carbocycles. The van der Waals surface area contributed by atoms with E-state index in [4.69, 9.17) is 4.74 Å². The quantitative estimate of drug-likeness (QED) is 0.845. The average molecular weight is 289 g/mol. The Morgan fingerprint density at radius 2 is 2.05 bits per heavy atom. The molecule has 1 aromatic rings. The Labute approximate surface area is 125 Å². The van der Waals surface area contributed by atoms with Crippen LogP contribution in [-0.4, -0.2) is 28.8 Å². The molecule has 2 aliphatic rings. The van der Waals surface area contributed by atoms with Crippen LogP contribution in [0.1, 0.15) is 44.6 Å². The van der Waals surface area contributed by atoms with Crippen LogP contribution in [0.25, 0.3) is 0 Å². The Bertz CT molecular complexity index is 509. The summed E-state index contributed by atoms with van der Waals surface area (Å²) in [5, 5.41) is 12.9. The summed E-state index contributed by atoms with van der Waals surface area (Å²) >= 11 is 0. The Balaban J connectivity index is 1.63. The molecular weight excluding hydrogens is 266 g/mol. The lowest BCUT2D eigenvalue weighted by molar-refractivity contribution is -0.145. The van der Waals surface area contributed by atoms with Crippen LogP contribution < -0.4 is 10.1 Å². The van der Waals surface area contributed by atoms with Crippen molar-refractivity contribution in [2.24, 2.45) is 0 Å². The van der Waals surface area contributed by atoms with E-state index in [0.717, 1.165) is 31.4 Å². The van der Waals surface area contributed by atoms with Crippen molar-refractivity contribution in [2.75, 3.05) is 0 Å². The van der Waals surface area contributed by atoms with Crippen molar-refractivity contribution in [1.29, 1.82) is 0 Å². The third-order valence-electron chi connectivity index (χ3n) is 4.57. The summed E-state index contributed by atoms with van der Waals surface area (Å²) in [6.45, 7) is 2.12. The first kappa shape index (κ1) is 14.4. The maximum absolute atomic E-state index is 11.7. The van der Waals surface area contributed by atoms with Gasteiger partial charge in [-0.25, -0.2) is 0 Å². The molecule has 3 rings (SSSR count). The van der Waals surface area contributed by atoms with Gasteiger partial charge in [-0.15, -0.1) is 0 Å². The summed E-state index contributed by atoms with van der Waals surface area (Å²) in [7, 11) is 0. The number of carbonyl (C=O) groups is 1. The van der Waals surface area contributed by atoms with E-state index in [1.54, 1.807) is 0 Å². The number of carboxylic acid groups (broad SMARTS) is 1. The largest absolute Gasteiger partial charge is 0.490 e. The molecule has 0 radical (unpaired) electrons. The van der Waals surface area contributed by atoms with E-state index in [9.17, 15) is 9.90 Å². The number of aliphatic carboxylic acids is 1. The van der Waals surface area contributed by atoms with Gasteiger partial charge in [-0.1, -0.05) is 19.1 Å². The summed E-state index contributed by atoms with van der Waals surface area (Å²) < 4.78 is 5.98. The minimum atomic E-state index is -0.783. The van der Waals surface area contributed by atoms with Crippen LogP contribution in [0.3, 0.4) is 0 Å². The summed E-state index contributed by atoms with van der Waals surface area (Å²) in [6.07, 6.45) is 5.18. The Hall–Kier alpha value is -1.55. The number of hydrogen-bond acceptors (Lipinski definition) is 3. The lowest BCUT2D eigenvalue weighted by atomic mass is 9.97. The topological polar surface area (TPSA) is 58.6 Å². The highest BCUT2D eigenvalue weighted by Gasteiger charge is 2.48. The van der Waals surface area contributed by atoms with Crippen molar-refractivity contribution < 1.29 is 14.6 Å². The van der Waals surface area contributed by atoms with Crippen LogP contribution in [-0.2, 0) is 11.2 Å². The number of ether oxygens (including phenoxy) is 1. The molecule has 0 bridgehead atoms. The molecule has 0 heterocycles. The summed E-state index contributed by atoms with van der Waals surface area (Å²) in [4.78, 5) is 11.7. The maximum atomic E-state index is 11.7. The SMILES string of the molecule is CCc1ccc(OC2CCC(NC3CC3)(C(=O)O)C2)cc1. The molecule has 21 heavy (non-hydrogen) atoms. The molecule has 0 amide bonds. The molecule has 0 aromatic heterocycles. The van der Waals surface area contributed by atoms with Crippen LogP contribution in [0.15, 0.2) is 24.3 Å². The van der Waals surface area contributed by atoms with E-state index < -0.39 is 11.5 Å². The van der Waals surface area contributed by atoms with Crippen molar-refractivity contribution in [3.05, 3.63) is 29.8 Å². The van der Waals surface area contributed by atoms with E-state index >= 15 is 0 Å². The summed E-state index contributed by atoms with van der Waals surface area (Å²) in [5.41, 5.74) is 0.499. The van der Waals surface area contributed by atoms with Gasteiger partial charge in [0.25, 0.3) is 0 Å². The van der Waals surface area contributed by atoms with Gasteiger partial charge in [0.15, 0.2) is 0 Å². The fraction of sp³-hybridized carbons (Fsp3) is 0.588. The van der Waals surface area contributed by atoms with Crippen LogP contribution in [0.5, 0.6) is 5.75 Å². The molecule has 2 aliphatic carbocycles. The highest BCUT2D eigenvalue weighted by molar-refractivity contribution is 5.79. The Kier molecular flexibility index (Phi) is 3.89. The number of hydrogen-bond donors (Lipinski definition) is 2. The molecule has 0 saturated heterocycles. The second-order valence-electron chi connectivity index (χ2n) is 6.29. The van der Waals surface area contributed by atoms with Crippen LogP contribution in [0.4, 0.5) is 0 Å². The number of rotatable bonds is 6. The molecule has 4 nitrogen and oxygen atoms in total. The highest BCUT2D eigenvalue weighted by Crippen LogP contribution is 2.36. The number of carboxylic acids is 1. The fourth-order valence-electron chi connectivity index (χ4n) is 3.10. The number of benzene rings is 1. The fourth-order valence-corrected chi connectivity index (χ4v) is 3.10. The van der Waals surface area contributed by atoms with Gasteiger partial charge in [-0.3, -0.25) is 10.1 Å². The van der Waals surface area contributed by atoms with Crippen molar-refractivity contribution in [3.63, 3.8) is 0 Å². The van der Waals surface area contributed by atoms with Gasteiger partial charge in [-0.2, -0.15) is 0 Å². The van der Waals surface area contributed by atoms with Crippen LogP contribution in [0.2, 0.25) is 0 Å². The van der Waals surface area contributed by atoms with Gasteiger partial charge in [0.2, 0.25) is 0 Å². The normalized spacial score (nSPS) is 28.5. The van der Waals surface area contributed by atoms with E-state index in [2.05, 4.69) is 24.4 Å². The molecule has 0 spiro atoms. The van der Waals surface area contributed by atoms with E-state index in [1.165, 1.54) is 5.56 Å². The highest BCUT2D eigenvalue weighted by atomic mass is 16.5. The molecule has 2 fully saturated rings. The molecule has 2 unspecified atom stereocenters. The standard InChI is InChI=1S/C17H23NO3/c1-2-12-3-7-14(8-4-12)21-15-9-10-17(11-15,16(19)20)18-13-5-6-13/h3-4,7-8,13,15,18H,2,5-6,9-11H2,1H3,(H,19,20). The minimum Gasteiger partial charge on any atom is -0.490 e. The predicted molar refractivity (Wildman–Crippen MR) is 80.6 cm³/mol. The third kappa shape index (κ3) is 3.21. The second kappa shape index (κ2) is 5.68. The number of aryl methyl sites for hydroxylation is 1. The molecule has 2 N–H and O–H groups in total. The van der Waals surface area contributed by atoms with Crippen molar-refractivity contribution >= 4 is 5.97 Å². The first-order valence-corrected chi connectivity index (χ1v) is 7.88. The van der Waals surface area contributed by atoms with E-state index in [-0.39, 0.29) is 6.10 Å². The molecule has 114 valence electrons. The first-order valence-electron chi connectivity index (χ1n) is 7.88. The van der Waals surface area contributed by atoms with E-state index in [0.29, 0.717) is 18.9 Å². The van der Waals surface area contributed by atoms with Gasteiger partial charge in [-0.05, 0) is 49.8 Å². The second-order valence-corrected chi connectivity index (χ2v) is 6.29. The van der Waals surface area contributed by atoms with Crippen molar-refractivity contribution in [1.82, 2.24) is 5.32 Å². The summed E-state index contributed by atoms with van der Waals surface area (Å²) in [5.74, 6) is 0.103. The zero-order valence-electron chi connectivity index (χ0n) is 12.5. The Morgan fingerprint density at radius 3 is 2.62 bits per heavy atom. The van der Waals surface area contributed by atoms with Gasteiger partial charge in [0.1, 0.15) is 17.4 Å². The Morgan fingerprint density at radius 1 is 1.33 bits per heavy atom. The monoisotopic (exact) mass is 289 g/mol. The lowest BCUT2D eigenvalue weighted by Gasteiger charge is -2.26. The van der Waals surface area contributed by atoms with Crippen molar-refractivity contribution in [3.8, 4) is 5.75 Å². The zero-order chi connectivity index (χ0) is 14.9. The lowest BCUT2D eigenvalue weighted by Crippen LogP contribution is -2.51. The third-order valence-corrected chi connectivity index (χ3v) is 4.57. The van der Waals surface area contributed by atoms with Crippen LogP contribution >= 0.6 is 0 Å². The zero-order valence-corrected chi connectivity index (χ0v) is 12.5. The van der Waals surface area contributed by atoms with E-state index in [1.807, 2.05) is 12.1 Å². The molecule has 0 aliphatic heterocycles. The van der Waals surface area contributed by atoms with Gasteiger partial charge in [0.05, 0.1) is 0 Å². The average Bonchev–Trinajstić information content (AvgIpc) is 3.19. The van der Waals surface area contributed by atoms with Crippen molar-refractivity contribution in [2.45, 2.75) is 63.1 Å². The molecule has 2 saturated carbocycles.